The van der Waals surface area contributed by atoms with Gasteiger partial charge in [-0.05, 0) is 6.42 Å². The van der Waals surface area contributed by atoms with Gasteiger partial charge in [0.1, 0.15) is 0 Å². The molecule has 4 N–H and O–H groups in total. The molecule has 76 valence electrons. The standard InChI is InChI=1S/C7H14BrN3O2/c1-2-5(8)6(12)10-3-4-11-7(9)13/h5H,2-4H2,1H3,(H,10,12)(H3,9,11,13). The van der Waals surface area contributed by atoms with Crippen LogP contribution < -0.4 is 16.4 Å². The molecular formula is C7H14BrN3O2. The van der Waals surface area contributed by atoms with Gasteiger partial charge in [0, 0.05) is 13.1 Å². The third-order valence-corrected chi connectivity index (χ3v) is 2.43. The van der Waals surface area contributed by atoms with Crippen LogP contribution in [0.15, 0.2) is 0 Å². The molecule has 0 aliphatic heterocycles. The molecule has 0 bridgehead atoms. The highest BCUT2D eigenvalue weighted by Gasteiger charge is 2.10. The number of carbonyl (C=O) groups excluding carboxylic acids is 2. The Bertz CT molecular complexity index is 187. The molecule has 0 radical (unpaired) electrons. The fourth-order valence-electron chi connectivity index (χ4n) is 0.668. The topological polar surface area (TPSA) is 84.2 Å². The molecule has 0 aliphatic rings. The molecule has 3 amide bonds. The van der Waals surface area contributed by atoms with Gasteiger partial charge in [0.25, 0.3) is 0 Å². The van der Waals surface area contributed by atoms with E-state index in [0.29, 0.717) is 13.1 Å². The third kappa shape index (κ3) is 6.39. The quantitative estimate of drug-likeness (QED) is 0.473. The lowest BCUT2D eigenvalue weighted by atomic mass is 10.3. The Balaban J connectivity index is 3.42. The molecule has 1 unspecified atom stereocenters. The third-order valence-electron chi connectivity index (χ3n) is 1.37. The van der Waals surface area contributed by atoms with Crippen molar-refractivity contribution in [2.24, 2.45) is 5.73 Å². The van der Waals surface area contributed by atoms with Crippen molar-refractivity contribution in [2.45, 2.75) is 18.2 Å². The van der Waals surface area contributed by atoms with Crippen molar-refractivity contribution in [3.8, 4) is 0 Å². The van der Waals surface area contributed by atoms with Crippen LogP contribution in [0.25, 0.3) is 0 Å². The summed E-state index contributed by atoms with van der Waals surface area (Å²) in [6, 6.07) is -0.583. The highest BCUT2D eigenvalue weighted by atomic mass is 79.9. The Kier molecular flexibility index (Phi) is 6.30. The lowest BCUT2D eigenvalue weighted by molar-refractivity contribution is -0.120. The van der Waals surface area contributed by atoms with E-state index in [4.69, 9.17) is 5.73 Å². The second-order valence-electron chi connectivity index (χ2n) is 2.46. The summed E-state index contributed by atoms with van der Waals surface area (Å²) in [6.07, 6.45) is 0.731. The molecule has 0 spiro atoms. The number of alkyl halides is 1. The number of hydrogen-bond acceptors (Lipinski definition) is 2. The van der Waals surface area contributed by atoms with Crippen LogP contribution in [0.1, 0.15) is 13.3 Å². The van der Waals surface area contributed by atoms with Crippen molar-refractivity contribution in [1.29, 1.82) is 0 Å². The summed E-state index contributed by atoms with van der Waals surface area (Å²) in [4.78, 5) is 21.2. The lowest BCUT2D eigenvalue weighted by Crippen LogP contribution is -2.39. The van der Waals surface area contributed by atoms with Gasteiger partial charge in [-0.3, -0.25) is 4.79 Å². The number of primary amides is 1. The van der Waals surface area contributed by atoms with Crippen LogP contribution in [-0.4, -0.2) is 29.9 Å². The summed E-state index contributed by atoms with van der Waals surface area (Å²) in [5.74, 6) is -0.0752. The summed E-state index contributed by atoms with van der Waals surface area (Å²) in [6.45, 7) is 2.65. The number of amides is 3. The van der Waals surface area contributed by atoms with E-state index in [2.05, 4.69) is 26.6 Å². The first-order chi connectivity index (χ1) is 6.07. The van der Waals surface area contributed by atoms with Crippen LogP contribution in [-0.2, 0) is 4.79 Å². The van der Waals surface area contributed by atoms with Gasteiger partial charge in [-0.1, -0.05) is 22.9 Å². The zero-order valence-corrected chi connectivity index (χ0v) is 9.06. The smallest absolute Gasteiger partial charge is 0.312 e. The molecule has 13 heavy (non-hydrogen) atoms. The number of rotatable bonds is 5. The normalized spacial score (nSPS) is 11.8. The Morgan fingerprint density at radius 3 is 2.38 bits per heavy atom. The lowest BCUT2D eigenvalue weighted by Gasteiger charge is -2.08. The van der Waals surface area contributed by atoms with Gasteiger partial charge in [-0.25, -0.2) is 4.79 Å². The van der Waals surface area contributed by atoms with E-state index in [1.165, 1.54) is 0 Å². The highest BCUT2D eigenvalue weighted by molar-refractivity contribution is 9.10. The molecule has 0 saturated carbocycles. The van der Waals surface area contributed by atoms with Crippen LogP contribution in [0.5, 0.6) is 0 Å². The monoisotopic (exact) mass is 251 g/mol. The summed E-state index contributed by atoms with van der Waals surface area (Å²) >= 11 is 3.20. The van der Waals surface area contributed by atoms with Crippen LogP contribution in [0, 0.1) is 0 Å². The maximum atomic E-state index is 11.1. The van der Waals surface area contributed by atoms with E-state index in [1.807, 2.05) is 6.92 Å². The number of hydrogen-bond donors (Lipinski definition) is 3. The number of nitrogens with two attached hydrogens (primary N) is 1. The van der Waals surface area contributed by atoms with Crippen molar-refractivity contribution in [3.63, 3.8) is 0 Å². The molecule has 0 aromatic rings. The van der Waals surface area contributed by atoms with Gasteiger partial charge < -0.3 is 16.4 Å². The number of nitrogens with one attached hydrogen (secondary N) is 2. The minimum atomic E-state index is -0.583. The molecule has 5 nitrogen and oxygen atoms in total. The fourth-order valence-corrected chi connectivity index (χ4v) is 0.829. The number of urea groups is 1. The second kappa shape index (κ2) is 6.71. The van der Waals surface area contributed by atoms with E-state index in [1.54, 1.807) is 0 Å². The minimum Gasteiger partial charge on any atom is -0.353 e. The molecule has 0 heterocycles. The van der Waals surface area contributed by atoms with Gasteiger partial charge >= 0.3 is 6.03 Å². The number of carbonyl (C=O) groups is 2. The zero-order chi connectivity index (χ0) is 10.3. The average molecular weight is 252 g/mol. The van der Waals surface area contributed by atoms with E-state index in [-0.39, 0.29) is 10.7 Å². The number of halogens is 1. The van der Waals surface area contributed by atoms with Crippen LogP contribution >= 0.6 is 15.9 Å². The first-order valence-corrected chi connectivity index (χ1v) is 4.94. The van der Waals surface area contributed by atoms with E-state index < -0.39 is 6.03 Å². The van der Waals surface area contributed by atoms with Crippen molar-refractivity contribution in [1.82, 2.24) is 10.6 Å². The maximum absolute atomic E-state index is 11.1. The highest BCUT2D eigenvalue weighted by Crippen LogP contribution is 2.02. The Labute approximate surface area is 85.6 Å². The molecule has 1 atom stereocenters. The van der Waals surface area contributed by atoms with Gasteiger partial charge in [0.05, 0.1) is 4.83 Å². The van der Waals surface area contributed by atoms with Gasteiger partial charge in [0.15, 0.2) is 0 Å². The minimum absolute atomic E-state index is 0.0752. The van der Waals surface area contributed by atoms with Crippen LogP contribution in [0.4, 0.5) is 4.79 Å². The predicted molar refractivity (Wildman–Crippen MR) is 53.6 cm³/mol. The Hall–Kier alpha value is -0.780. The van der Waals surface area contributed by atoms with E-state index in [0.717, 1.165) is 6.42 Å². The maximum Gasteiger partial charge on any atom is 0.312 e. The Morgan fingerprint density at radius 1 is 1.38 bits per heavy atom. The van der Waals surface area contributed by atoms with E-state index in [9.17, 15) is 9.59 Å². The second-order valence-corrected chi connectivity index (χ2v) is 3.56. The molecule has 0 aromatic carbocycles. The van der Waals surface area contributed by atoms with Crippen LogP contribution in [0.2, 0.25) is 0 Å². The van der Waals surface area contributed by atoms with Crippen molar-refractivity contribution >= 4 is 27.9 Å². The fraction of sp³-hybridized carbons (Fsp3) is 0.714. The molecule has 0 rings (SSSR count). The summed E-state index contributed by atoms with van der Waals surface area (Å²) in [5.41, 5.74) is 4.82. The molecule has 6 heteroatoms. The summed E-state index contributed by atoms with van der Waals surface area (Å²) in [7, 11) is 0. The average Bonchev–Trinajstić information content (AvgIpc) is 2.10. The summed E-state index contributed by atoms with van der Waals surface area (Å²) < 4.78 is 0. The molecule has 0 aliphatic carbocycles. The molecule has 0 fully saturated rings. The van der Waals surface area contributed by atoms with Crippen LogP contribution in [0.3, 0.4) is 0 Å². The first-order valence-electron chi connectivity index (χ1n) is 4.03. The molecular weight excluding hydrogens is 238 g/mol. The van der Waals surface area contributed by atoms with Gasteiger partial charge in [-0.15, -0.1) is 0 Å². The zero-order valence-electron chi connectivity index (χ0n) is 7.47. The Morgan fingerprint density at radius 2 is 1.92 bits per heavy atom. The molecule has 0 aromatic heterocycles. The first kappa shape index (κ1) is 12.2. The largest absolute Gasteiger partial charge is 0.353 e. The van der Waals surface area contributed by atoms with Gasteiger partial charge in [-0.2, -0.15) is 0 Å². The summed E-state index contributed by atoms with van der Waals surface area (Å²) in [5, 5.41) is 5.00. The van der Waals surface area contributed by atoms with Gasteiger partial charge in [0.2, 0.25) is 5.91 Å². The van der Waals surface area contributed by atoms with Crippen molar-refractivity contribution < 1.29 is 9.59 Å². The molecule has 0 saturated heterocycles. The van der Waals surface area contributed by atoms with Crippen molar-refractivity contribution in [3.05, 3.63) is 0 Å². The SMILES string of the molecule is CCC(Br)C(=O)NCCNC(N)=O. The van der Waals surface area contributed by atoms with E-state index >= 15 is 0 Å². The predicted octanol–water partition coefficient (Wildman–Crippen LogP) is -0.0556. The van der Waals surface area contributed by atoms with Crippen molar-refractivity contribution in [2.75, 3.05) is 13.1 Å².